The average Bonchev–Trinajstić information content (AvgIpc) is 3.15. The van der Waals surface area contributed by atoms with Crippen molar-refractivity contribution in [3.05, 3.63) is 59.7 Å². The van der Waals surface area contributed by atoms with E-state index in [4.69, 9.17) is 0 Å². The summed E-state index contributed by atoms with van der Waals surface area (Å²) in [5.74, 6) is 0.321. The van der Waals surface area contributed by atoms with Gasteiger partial charge in [0.25, 0.3) is 0 Å². The third kappa shape index (κ3) is 8.91. The molecular weight excluding hydrogens is 342 g/mol. The largest absolute Gasteiger partial charge is 0.334 e. The Hall–Kier alpha value is -1.83. The molecule has 0 fully saturated rings. The Kier molecular flexibility index (Phi) is 11.4. The van der Waals surface area contributed by atoms with Crippen molar-refractivity contribution in [2.45, 2.75) is 97.1 Å². The minimum absolute atomic E-state index is 0.321. The molecule has 0 saturated heterocycles. The Labute approximate surface area is 172 Å². The van der Waals surface area contributed by atoms with Gasteiger partial charge < -0.3 is 4.90 Å². The van der Waals surface area contributed by atoms with Crippen molar-refractivity contribution >= 4 is 5.91 Å². The van der Waals surface area contributed by atoms with E-state index in [1.807, 2.05) is 4.90 Å². The summed E-state index contributed by atoms with van der Waals surface area (Å²) in [4.78, 5) is 14.4. The van der Waals surface area contributed by atoms with Gasteiger partial charge in [0.05, 0.1) is 0 Å². The summed E-state index contributed by atoms with van der Waals surface area (Å²) in [6.45, 7) is 3.85. The first kappa shape index (κ1) is 22.5. The lowest BCUT2D eigenvalue weighted by Crippen LogP contribution is -2.24. The molecule has 0 saturated carbocycles. The fraction of sp³-hybridized carbons (Fsp3) is 0.577. The average molecular weight is 382 g/mol. The maximum absolute atomic E-state index is 12.4. The highest BCUT2D eigenvalue weighted by atomic mass is 16.2. The summed E-state index contributed by atoms with van der Waals surface area (Å²) in [5.41, 5.74) is 2.63. The van der Waals surface area contributed by atoms with E-state index in [1.54, 1.807) is 0 Å². The number of hydrogen-bond acceptors (Lipinski definition) is 1. The maximum atomic E-state index is 12.4. The second-order valence-electron chi connectivity index (χ2n) is 8.00. The lowest BCUT2D eigenvalue weighted by atomic mass is 10.1. The van der Waals surface area contributed by atoms with Crippen LogP contribution in [-0.4, -0.2) is 10.8 Å². The zero-order valence-electron chi connectivity index (χ0n) is 17.9. The van der Waals surface area contributed by atoms with Gasteiger partial charge in [-0.3, -0.25) is 4.79 Å². The monoisotopic (exact) mass is 381 g/mol. The molecule has 154 valence electrons. The molecule has 1 amide bonds. The first-order valence-corrected chi connectivity index (χ1v) is 11.5. The van der Waals surface area contributed by atoms with Crippen molar-refractivity contribution < 1.29 is 4.79 Å². The van der Waals surface area contributed by atoms with Crippen LogP contribution >= 0.6 is 0 Å². The number of unbranched alkanes of at least 4 members (excludes halogenated alkanes) is 8. The molecule has 0 aliphatic carbocycles. The van der Waals surface area contributed by atoms with Gasteiger partial charge in [0.15, 0.2) is 0 Å². The van der Waals surface area contributed by atoms with Crippen molar-refractivity contribution in [2.75, 3.05) is 0 Å². The first-order chi connectivity index (χ1) is 13.8. The molecular formula is C26H39NO. The summed E-state index contributed by atoms with van der Waals surface area (Å²) in [5, 5.41) is 0. The molecule has 1 aliphatic rings. The molecule has 0 atom stereocenters. The van der Waals surface area contributed by atoms with Crippen LogP contribution in [0.4, 0.5) is 0 Å². The van der Waals surface area contributed by atoms with Crippen LogP contribution in [0.15, 0.2) is 48.6 Å². The molecule has 0 radical (unpaired) electrons. The van der Waals surface area contributed by atoms with Gasteiger partial charge in [0.1, 0.15) is 0 Å². The van der Waals surface area contributed by atoms with Crippen LogP contribution in [0, 0.1) is 0 Å². The van der Waals surface area contributed by atoms with E-state index in [2.05, 4.69) is 55.5 Å². The van der Waals surface area contributed by atoms with Crippen LogP contribution in [0.3, 0.4) is 0 Å². The van der Waals surface area contributed by atoms with Gasteiger partial charge in [-0.15, -0.1) is 0 Å². The molecule has 0 unspecified atom stereocenters. The Bertz CT molecular complexity index is 592. The fourth-order valence-corrected chi connectivity index (χ4v) is 3.76. The number of amides is 1. The predicted octanol–water partition coefficient (Wildman–Crippen LogP) is 7.34. The molecule has 1 aromatic carbocycles. The molecule has 0 N–H and O–H groups in total. The number of carbonyl (C=O) groups is 1. The van der Waals surface area contributed by atoms with Crippen LogP contribution in [0.2, 0.25) is 0 Å². The van der Waals surface area contributed by atoms with Gasteiger partial charge >= 0.3 is 0 Å². The Morgan fingerprint density at radius 2 is 1.39 bits per heavy atom. The Morgan fingerprint density at radius 3 is 2.04 bits per heavy atom. The third-order valence-electron chi connectivity index (χ3n) is 5.53. The smallest absolute Gasteiger partial charge is 0.223 e. The van der Waals surface area contributed by atoms with Gasteiger partial charge in [0, 0.05) is 19.5 Å². The molecule has 0 bridgehead atoms. The summed E-state index contributed by atoms with van der Waals surface area (Å²) >= 11 is 0. The molecule has 1 aromatic rings. The highest BCUT2D eigenvalue weighted by molar-refractivity contribution is 5.76. The van der Waals surface area contributed by atoms with Crippen LogP contribution < -0.4 is 0 Å². The number of nitrogens with zero attached hydrogens (tertiary/aromatic N) is 1. The number of hydrogen-bond donors (Lipinski definition) is 0. The van der Waals surface area contributed by atoms with Crippen molar-refractivity contribution in [2.24, 2.45) is 0 Å². The quantitative estimate of drug-likeness (QED) is 0.244. The van der Waals surface area contributed by atoms with Gasteiger partial charge in [-0.1, -0.05) is 87.6 Å². The van der Waals surface area contributed by atoms with Gasteiger partial charge in [0.2, 0.25) is 5.91 Å². The SMILES string of the molecule is CCCCC/C=C\C/C=C\CCCCCCCC(=O)N1Cc2ccccc2C1. The summed E-state index contributed by atoms with van der Waals surface area (Å²) < 4.78 is 0. The molecule has 1 heterocycles. The third-order valence-corrected chi connectivity index (χ3v) is 5.53. The van der Waals surface area contributed by atoms with Crippen molar-refractivity contribution in [1.29, 1.82) is 0 Å². The molecule has 2 rings (SSSR count). The Morgan fingerprint density at radius 1 is 0.821 bits per heavy atom. The van der Waals surface area contributed by atoms with Crippen LogP contribution in [0.1, 0.15) is 95.1 Å². The van der Waals surface area contributed by atoms with Gasteiger partial charge in [-0.2, -0.15) is 0 Å². The minimum atomic E-state index is 0.321. The number of allylic oxidation sites excluding steroid dienone is 4. The highest BCUT2D eigenvalue weighted by Crippen LogP contribution is 2.23. The van der Waals surface area contributed by atoms with Crippen LogP contribution in [0.5, 0.6) is 0 Å². The standard InChI is InChI=1S/C26H39NO/c1-2-3-4-5-6-7-8-9-10-11-12-13-14-15-16-21-26(28)27-22-24-19-17-18-20-25(24)23-27/h6-7,9-10,17-20H,2-5,8,11-16,21-23H2,1H3/b7-6-,10-9-. The second kappa shape index (κ2) is 14.2. The number of rotatable bonds is 14. The maximum Gasteiger partial charge on any atom is 0.223 e. The van der Waals surface area contributed by atoms with E-state index in [0.717, 1.165) is 25.9 Å². The van der Waals surface area contributed by atoms with E-state index < -0.39 is 0 Å². The van der Waals surface area contributed by atoms with E-state index in [0.29, 0.717) is 12.3 Å². The normalized spacial score (nSPS) is 13.7. The zero-order valence-corrected chi connectivity index (χ0v) is 17.9. The van der Waals surface area contributed by atoms with Crippen LogP contribution in [0.25, 0.3) is 0 Å². The summed E-state index contributed by atoms with van der Waals surface area (Å²) in [6, 6.07) is 8.41. The van der Waals surface area contributed by atoms with Gasteiger partial charge in [-0.25, -0.2) is 0 Å². The van der Waals surface area contributed by atoms with E-state index in [1.165, 1.54) is 68.9 Å². The van der Waals surface area contributed by atoms with Gasteiger partial charge in [-0.05, 0) is 49.7 Å². The van der Waals surface area contributed by atoms with Crippen molar-refractivity contribution in [3.63, 3.8) is 0 Å². The molecule has 2 nitrogen and oxygen atoms in total. The summed E-state index contributed by atoms with van der Waals surface area (Å²) in [7, 11) is 0. The number of fused-ring (bicyclic) bond motifs is 1. The molecule has 0 aromatic heterocycles. The molecule has 2 heteroatoms. The van der Waals surface area contributed by atoms with Crippen molar-refractivity contribution in [3.8, 4) is 0 Å². The lowest BCUT2D eigenvalue weighted by molar-refractivity contribution is -0.131. The van der Waals surface area contributed by atoms with E-state index >= 15 is 0 Å². The number of benzene rings is 1. The molecule has 0 spiro atoms. The first-order valence-electron chi connectivity index (χ1n) is 11.5. The lowest BCUT2D eigenvalue weighted by Gasteiger charge is -2.15. The number of carbonyl (C=O) groups excluding carboxylic acids is 1. The topological polar surface area (TPSA) is 20.3 Å². The van der Waals surface area contributed by atoms with Crippen LogP contribution in [-0.2, 0) is 17.9 Å². The zero-order chi connectivity index (χ0) is 19.9. The molecule has 1 aliphatic heterocycles. The van der Waals surface area contributed by atoms with E-state index in [9.17, 15) is 4.79 Å². The fourth-order valence-electron chi connectivity index (χ4n) is 3.76. The van der Waals surface area contributed by atoms with Crippen molar-refractivity contribution in [1.82, 2.24) is 4.90 Å². The highest BCUT2D eigenvalue weighted by Gasteiger charge is 2.21. The van der Waals surface area contributed by atoms with E-state index in [-0.39, 0.29) is 0 Å². The predicted molar refractivity (Wildman–Crippen MR) is 120 cm³/mol. The Balaban J connectivity index is 1.40. The molecule has 28 heavy (non-hydrogen) atoms. The summed E-state index contributed by atoms with van der Waals surface area (Å²) in [6.07, 6.45) is 23.4. The second-order valence-corrected chi connectivity index (χ2v) is 8.00. The minimum Gasteiger partial charge on any atom is -0.334 e.